The third kappa shape index (κ3) is 4.96. The van der Waals surface area contributed by atoms with Crippen molar-refractivity contribution in [3.05, 3.63) is 42.1 Å². The molecule has 0 spiro atoms. The molecule has 1 aromatic carbocycles. The fourth-order valence-electron chi connectivity index (χ4n) is 3.76. The van der Waals surface area contributed by atoms with Crippen LogP contribution in [0.2, 0.25) is 25.7 Å². The van der Waals surface area contributed by atoms with Crippen molar-refractivity contribution in [2.75, 3.05) is 13.2 Å². The van der Waals surface area contributed by atoms with Crippen molar-refractivity contribution in [1.82, 2.24) is 19.4 Å². The number of amides is 1. The number of aromatic nitrogens is 3. The van der Waals surface area contributed by atoms with Crippen molar-refractivity contribution in [2.45, 2.75) is 51.8 Å². The molecule has 0 radical (unpaired) electrons. The van der Waals surface area contributed by atoms with E-state index in [2.05, 4.69) is 24.6 Å². The molecule has 0 saturated carbocycles. The van der Waals surface area contributed by atoms with E-state index in [-0.39, 0.29) is 11.7 Å². The van der Waals surface area contributed by atoms with Crippen molar-refractivity contribution in [3.63, 3.8) is 0 Å². The van der Waals surface area contributed by atoms with Crippen LogP contribution in [0.15, 0.2) is 36.5 Å². The Morgan fingerprint density at radius 3 is 2.77 bits per heavy atom. The predicted molar refractivity (Wildman–Crippen MR) is 123 cm³/mol. The predicted octanol–water partition coefficient (Wildman–Crippen LogP) is 4.24. The highest BCUT2D eigenvalue weighted by atomic mass is 28.3. The standard InChI is InChI=1S/C23H30N4O3Si/c1-31(2,3)13-12-30-16-27-19-6-4-10-24-22(19)25-23(27)17-8-9-18(20(28)14-17)15-26-11-5-7-21(26)29/h4,6,8-10,14,28H,5,7,11-13,15-16H2,1-3H3. The van der Waals surface area contributed by atoms with Gasteiger partial charge < -0.3 is 14.7 Å². The van der Waals surface area contributed by atoms with E-state index in [0.29, 0.717) is 37.8 Å². The second-order valence-electron chi connectivity index (χ2n) is 9.32. The molecule has 31 heavy (non-hydrogen) atoms. The minimum Gasteiger partial charge on any atom is -0.508 e. The SMILES string of the molecule is C[Si](C)(C)CCOCn1c(-c2ccc(CN3CCCC3=O)c(O)c2)nc2ncccc21. The lowest BCUT2D eigenvalue weighted by Gasteiger charge is -2.17. The van der Waals surface area contributed by atoms with Crippen molar-refractivity contribution in [2.24, 2.45) is 0 Å². The van der Waals surface area contributed by atoms with Crippen molar-refractivity contribution in [1.29, 1.82) is 0 Å². The Bertz CT molecular complexity index is 1090. The van der Waals surface area contributed by atoms with Crippen LogP contribution >= 0.6 is 0 Å². The van der Waals surface area contributed by atoms with Gasteiger partial charge in [0.25, 0.3) is 0 Å². The molecule has 164 valence electrons. The molecule has 1 fully saturated rings. The number of fused-ring (bicyclic) bond motifs is 1. The average molecular weight is 439 g/mol. The Kier molecular flexibility index (Phi) is 6.11. The van der Waals surface area contributed by atoms with Crippen LogP contribution in [0, 0.1) is 0 Å². The third-order valence-electron chi connectivity index (χ3n) is 5.62. The van der Waals surface area contributed by atoms with Gasteiger partial charge in [-0.2, -0.15) is 0 Å². The van der Waals surface area contributed by atoms with E-state index in [4.69, 9.17) is 9.72 Å². The summed E-state index contributed by atoms with van der Waals surface area (Å²) in [6.07, 6.45) is 3.20. The summed E-state index contributed by atoms with van der Waals surface area (Å²) >= 11 is 0. The Balaban J connectivity index is 1.59. The first-order chi connectivity index (χ1) is 14.8. The fraction of sp³-hybridized carbons (Fsp3) is 0.435. The van der Waals surface area contributed by atoms with E-state index in [0.717, 1.165) is 35.7 Å². The van der Waals surface area contributed by atoms with Gasteiger partial charge in [-0.15, -0.1) is 0 Å². The maximum atomic E-state index is 11.9. The van der Waals surface area contributed by atoms with E-state index in [1.165, 1.54) is 0 Å². The summed E-state index contributed by atoms with van der Waals surface area (Å²) in [5, 5.41) is 10.7. The van der Waals surface area contributed by atoms with Gasteiger partial charge in [0, 0.05) is 51.5 Å². The molecule has 1 aliphatic heterocycles. The van der Waals surface area contributed by atoms with Crippen LogP contribution in [0.4, 0.5) is 0 Å². The molecule has 0 unspecified atom stereocenters. The minimum atomic E-state index is -1.17. The van der Waals surface area contributed by atoms with Crippen molar-refractivity contribution >= 4 is 25.1 Å². The number of aromatic hydroxyl groups is 1. The first kappa shape index (κ1) is 21.5. The number of rotatable bonds is 8. The maximum Gasteiger partial charge on any atom is 0.222 e. The van der Waals surface area contributed by atoms with E-state index in [9.17, 15) is 9.90 Å². The molecule has 8 heteroatoms. The Morgan fingerprint density at radius 1 is 1.23 bits per heavy atom. The Hall–Kier alpha value is -2.71. The summed E-state index contributed by atoms with van der Waals surface area (Å²) in [5.41, 5.74) is 3.08. The molecule has 0 bridgehead atoms. The van der Waals surface area contributed by atoms with Crippen LogP contribution in [-0.2, 0) is 22.8 Å². The highest BCUT2D eigenvalue weighted by Crippen LogP contribution is 2.30. The zero-order valence-corrected chi connectivity index (χ0v) is 19.5. The van der Waals surface area contributed by atoms with Crippen molar-refractivity contribution in [3.8, 4) is 17.1 Å². The molecule has 1 aliphatic rings. The third-order valence-corrected chi connectivity index (χ3v) is 7.32. The lowest BCUT2D eigenvalue weighted by atomic mass is 10.1. The molecule has 3 heterocycles. The van der Waals surface area contributed by atoms with Crippen LogP contribution in [0.5, 0.6) is 5.75 Å². The zero-order valence-electron chi connectivity index (χ0n) is 18.5. The number of ether oxygens (including phenoxy) is 1. The lowest BCUT2D eigenvalue weighted by Crippen LogP contribution is -2.23. The van der Waals surface area contributed by atoms with E-state index < -0.39 is 8.07 Å². The summed E-state index contributed by atoms with van der Waals surface area (Å²) in [4.78, 5) is 22.8. The summed E-state index contributed by atoms with van der Waals surface area (Å²) in [6.45, 7) is 9.27. The normalized spacial score (nSPS) is 14.7. The van der Waals surface area contributed by atoms with E-state index in [1.807, 2.05) is 28.8 Å². The van der Waals surface area contributed by atoms with Crippen LogP contribution in [0.1, 0.15) is 18.4 Å². The summed E-state index contributed by atoms with van der Waals surface area (Å²) in [5.74, 6) is 1.02. The van der Waals surface area contributed by atoms with Gasteiger partial charge in [0.2, 0.25) is 5.91 Å². The quantitative estimate of drug-likeness (QED) is 0.420. The van der Waals surface area contributed by atoms with Gasteiger partial charge in [0.15, 0.2) is 5.65 Å². The number of nitrogens with zero attached hydrogens (tertiary/aromatic N) is 4. The number of likely N-dealkylation sites (tertiary alicyclic amines) is 1. The number of benzene rings is 1. The number of phenols is 1. The summed E-state index contributed by atoms with van der Waals surface area (Å²) < 4.78 is 8.01. The van der Waals surface area contributed by atoms with E-state index >= 15 is 0 Å². The molecule has 4 rings (SSSR count). The highest BCUT2D eigenvalue weighted by molar-refractivity contribution is 6.76. The Labute approximate surface area is 183 Å². The zero-order chi connectivity index (χ0) is 22.0. The molecule has 2 aromatic heterocycles. The summed E-state index contributed by atoms with van der Waals surface area (Å²) in [7, 11) is -1.17. The number of phenolic OH excluding ortho intramolecular Hbond substituents is 1. The highest BCUT2D eigenvalue weighted by Gasteiger charge is 2.22. The van der Waals surface area contributed by atoms with Crippen LogP contribution in [0.25, 0.3) is 22.6 Å². The number of pyridine rings is 1. The van der Waals surface area contributed by atoms with Gasteiger partial charge in [-0.05, 0) is 30.7 Å². The van der Waals surface area contributed by atoms with Crippen LogP contribution in [0.3, 0.4) is 0 Å². The molecule has 7 nitrogen and oxygen atoms in total. The number of hydrogen-bond donors (Lipinski definition) is 1. The van der Waals surface area contributed by atoms with Gasteiger partial charge in [-0.1, -0.05) is 31.8 Å². The number of carbonyl (C=O) groups is 1. The lowest BCUT2D eigenvalue weighted by molar-refractivity contribution is -0.128. The molecular weight excluding hydrogens is 408 g/mol. The maximum absolute atomic E-state index is 11.9. The molecule has 1 amide bonds. The number of imidazole rings is 1. The largest absolute Gasteiger partial charge is 0.508 e. The smallest absolute Gasteiger partial charge is 0.222 e. The van der Waals surface area contributed by atoms with Crippen LogP contribution in [-0.4, -0.2) is 51.7 Å². The Morgan fingerprint density at radius 2 is 2.06 bits per heavy atom. The molecule has 3 aromatic rings. The van der Waals surface area contributed by atoms with Gasteiger partial charge >= 0.3 is 0 Å². The van der Waals surface area contributed by atoms with Gasteiger partial charge in [0.05, 0.1) is 5.52 Å². The first-order valence-electron chi connectivity index (χ1n) is 10.8. The topological polar surface area (TPSA) is 80.5 Å². The number of hydrogen-bond acceptors (Lipinski definition) is 5. The second-order valence-corrected chi connectivity index (χ2v) is 14.9. The molecule has 0 aliphatic carbocycles. The molecule has 1 N–H and O–H groups in total. The molecular formula is C23H30N4O3Si. The number of carbonyl (C=O) groups excluding carboxylic acids is 1. The van der Waals surface area contributed by atoms with Crippen LogP contribution < -0.4 is 0 Å². The van der Waals surface area contributed by atoms with Gasteiger partial charge in [0.1, 0.15) is 18.3 Å². The van der Waals surface area contributed by atoms with Crippen molar-refractivity contribution < 1.29 is 14.6 Å². The van der Waals surface area contributed by atoms with E-state index in [1.54, 1.807) is 17.2 Å². The fourth-order valence-corrected chi connectivity index (χ4v) is 4.52. The average Bonchev–Trinajstić information content (AvgIpc) is 3.29. The summed E-state index contributed by atoms with van der Waals surface area (Å²) in [6, 6.07) is 10.5. The minimum absolute atomic E-state index is 0.145. The monoisotopic (exact) mass is 438 g/mol. The first-order valence-corrected chi connectivity index (χ1v) is 14.5. The van der Waals surface area contributed by atoms with Gasteiger partial charge in [-0.3, -0.25) is 9.36 Å². The molecule has 1 saturated heterocycles. The molecule has 0 atom stereocenters. The van der Waals surface area contributed by atoms with Gasteiger partial charge in [-0.25, -0.2) is 9.97 Å². The second kappa shape index (κ2) is 8.80.